The van der Waals surface area contributed by atoms with E-state index in [0.29, 0.717) is 11.7 Å². The van der Waals surface area contributed by atoms with Crippen molar-refractivity contribution in [3.8, 4) is 11.5 Å². The average molecular weight is 260 g/mol. The van der Waals surface area contributed by atoms with Crippen LogP contribution in [-0.4, -0.2) is 27.2 Å². The smallest absolute Gasteiger partial charge is 0.228 e. The van der Waals surface area contributed by atoms with Gasteiger partial charge < -0.3 is 9.84 Å². The summed E-state index contributed by atoms with van der Waals surface area (Å²) in [5.41, 5.74) is 1.92. The Balaban J connectivity index is 2.02. The third-order valence-electron chi connectivity index (χ3n) is 2.68. The van der Waals surface area contributed by atoms with Crippen molar-refractivity contribution in [2.75, 3.05) is 6.54 Å². The second kappa shape index (κ2) is 5.48. The topological polar surface area (TPSA) is 63.8 Å². The molecule has 0 saturated carbocycles. The van der Waals surface area contributed by atoms with Gasteiger partial charge in [-0.3, -0.25) is 4.98 Å². The van der Waals surface area contributed by atoms with E-state index in [-0.39, 0.29) is 5.54 Å². The van der Waals surface area contributed by atoms with Gasteiger partial charge in [0.15, 0.2) is 0 Å². The van der Waals surface area contributed by atoms with Crippen LogP contribution < -0.4 is 5.32 Å². The van der Waals surface area contributed by atoms with Crippen molar-refractivity contribution in [2.24, 2.45) is 0 Å². The molecule has 5 heteroatoms. The molecule has 0 atom stereocenters. The quantitative estimate of drug-likeness (QED) is 0.914. The fourth-order valence-electron chi connectivity index (χ4n) is 1.72. The molecular formula is C14H20N4O. The highest BCUT2D eigenvalue weighted by molar-refractivity contribution is 5.52. The SMILES string of the molecule is Cc1cccnc1-c1noc(CCNC(C)(C)C)n1. The number of aryl methyl sites for hydroxylation is 1. The summed E-state index contributed by atoms with van der Waals surface area (Å²) in [6.07, 6.45) is 2.45. The van der Waals surface area contributed by atoms with E-state index in [9.17, 15) is 0 Å². The van der Waals surface area contributed by atoms with Gasteiger partial charge in [0, 0.05) is 24.7 Å². The minimum Gasteiger partial charge on any atom is -0.339 e. The Morgan fingerprint density at radius 1 is 1.32 bits per heavy atom. The van der Waals surface area contributed by atoms with E-state index in [1.165, 1.54) is 0 Å². The molecule has 2 aromatic rings. The Morgan fingerprint density at radius 3 is 2.79 bits per heavy atom. The molecule has 0 amide bonds. The highest BCUT2D eigenvalue weighted by Gasteiger charge is 2.13. The van der Waals surface area contributed by atoms with Crippen molar-refractivity contribution < 1.29 is 4.52 Å². The number of nitrogens with zero attached hydrogens (tertiary/aromatic N) is 3. The van der Waals surface area contributed by atoms with Crippen LogP contribution in [0.1, 0.15) is 32.2 Å². The number of pyridine rings is 1. The number of hydrogen-bond donors (Lipinski definition) is 1. The van der Waals surface area contributed by atoms with Crippen LogP contribution >= 0.6 is 0 Å². The second-order valence-electron chi connectivity index (χ2n) is 5.61. The minimum atomic E-state index is 0.0976. The van der Waals surface area contributed by atoms with Crippen molar-refractivity contribution in [1.29, 1.82) is 0 Å². The van der Waals surface area contributed by atoms with Crippen LogP contribution in [0.3, 0.4) is 0 Å². The van der Waals surface area contributed by atoms with E-state index in [2.05, 4.69) is 41.2 Å². The van der Waals surface area contributed by atoms with Gasteiger partial charge in [0.25, 0.3) is 0 Å². The van der Waals surface area contributed by atoms with Gasteiger partial charge in [0.1, 0.15) is 5.69 Å². The standard InChI is InChI=1S/C14H20N4O/c1-10-6-5-8-15-12(10)13-17-11(19-18-13)7-9-16-14(2,3)4/h5-6,8,16H,7,9H2,1-4H3. The Kier molecular flexibility index (Phi) is 3.95. The molecule has 0 aliphatic carbocycles. The van der Waals surface area contributed by atoms with Gasteiger partial charge in [-0.25, -0.2) is 0 Å². The lowest BCUT2D eigenvalue weighted by Gasteiger charge is -2.19. The van der Waals surface area contributed by atoms with Crippen LogP contribution in [0.15, 0.2) is 22.9 Å². The molecule has 0 aliphatic heterocycles. The summed E-state index contributed by atoms with van der Waals surface area (Å²) < 4.78 is 5.25. The summed E-state index contributed by atoms with van der Waals surface area (Å²) in [5, 5.41) is 7.37. The fraction of sp³-hybridized carbons (Fsp3) is 0.500. The van der Waals surface area contributed by atoms with Crippen molar-refractivity contribution >= 4 is 0 Å². The molecule has 0 fully saturated rings. The maximum atomic E-state index is 5.25. The predicted molar refractivity (Wildman–Crippen MR) is 73.7 cm³/mol. The molecule has 0 saturated heterocycles. The monoisotopic (exact) mass is 260 g/mol. The van der Waals surface area contributed by atoms with Gasteiger partial charge in [-0.15, -0.1) is 0 Å². The molecule has 0 radical (unpaired) electrons. The summed E-state index contributed by atoms with van der Waals surface area (Å²) >= 11 is 0. The first-order valence-corrected chi connectivity index (χ1v) is 6.45. The highest BCUT2D eigenvalue weighted by atomic mass is 16.5. The fourth-order valence-corrected chi connectivity index (χ4v) is 1.72. The van der Waals surface area contributed by atoms with E-state index in [4.69, 9.17) is 4.52 Å². The number of nitrogens with one attached hydrogen (secondary N) is 1. The maximum Gasteiger partial charge on any atom is 0.228 e. The first kappa shape index (κ1) is 13.7. The van der Waals surface area contributed by atoms with Gasteiger partial charge in [-0.1, -0.05) is 11.2 Å². The van der Waals surface area contributed by atoms with Crippen LogP contribution in [0.4, 0.5) is 0 Å². The Morgan fingerprint density at radius 2 is 2.11 bits per heavy atom. The van der Waals surface area contributed by atoms with E-state index < -0.39 is 0 Å². The Hall–Kier alpha value is -1.75. The third-order valence-corrected chi connectivity index (χ3v) is 2.68. The summed E-state index contributed by atoms with van der Waals surface area (Å²) in [5.74, 6) is 1.20. The van der Waals surface area contributed by atoms with Crippen molar-refractivity contribution in [3.05, 3.63) is 29.8 Å². The van der Waals surface area contributed by atoms with E-state index in [0.717, 1.165) is 24.2 Å². The molecule has 2 rings (SSSR count). The van der Waals surface area contributed by atoms with Crippen molar-refractivity contribution in [2.45, 2.75) is 39.7 Å². The zero-order valence-electron chi connectivity index (χ0n) is 11.9. The first-order chi connectivity index (χ1) is 8.96. The lowest BCUT2D eigenvalue weighted by atomic mass is 10.1. The van der Waals surface area contributed by atoms with Crippen LogP contribution in [0, 0.1) is 6.92 Å². The Labute approximate surface area is 113 Å². The zero-order valence-corrected chi connectivity index (χ0v) is 11.9. The van der Waals surface area contributed by atoms with Crippen LogP contribution in [0.2, 0.25) is 0 Å². The number of aromatic nitrogens is 3. The van der Waals surface area contributed by atoms with Crippen LogP contribution in [0.25, 0.3) is 11.5 Å². The summed E-state index contributed by atoms with van der Waals surface area (Å²) in [4.78, 5) is 8.66. The molecule has 102 valence electrons. The minimum absolute atomic E-state index is 0.0976. The van der Waals surface area contributed by atoms with E-state index in [1.807, 2.05) is 19.1 Å². The molecule has 1 N–H and O–H groups in total. The third kappa shape index (κ3) is 3.86. The molecule has 0 aliphatic rings. The number of rotatable bonds is 4. The van der Waals surface area contributed by atoms with Gasteiger partial charge in [-0.05, 0) is 39.3 Å². The van der Waals surface area contributed by atoms with Crippen molar-refractivity contribution in [1.82, 2.24) is 20.4 Å². The van der Waals surface area contributed by atoms with Crippen molar-refractivity contribution in [3.63, 3.8) is 0 Å². The second-order valence-corrected chi connectivity index (χ2v) is 5.61. The molecule has 0 bridgehead atoms. The van der Waals surface area contributed by atoms with Gasteiger partial charge >= 0.3 is 0 Å². The molecule has 0 unspecified atom stereocenters. The summed E-state index contributed by atoms with van der Waals surface area (Å²) in [6, 6.07) is 3.88. The molecule has 19 heavy (non-hydrogen) atoms. The average Bonchev–Trinajstić information content (AvgIpc) is 2.76. The Bertz CT molecular complexity index is 542. The lowest BCUT2D eigenvalue weighted by molar-refractivity contribution is 0.362. The molecular weight excluding hydrogens is 240 g/mol. The molecule has 0 aromatic carbocycles. The zero-order chi connectivity index (χ0) is 13.9. The molecule has 0 spiro atoms. The maximum absolute atomic E-state index is 5.25. The molecule has 5 nitrogen and oxygen atoms in total. The molecule has 2 aromatic heterocycles. The van der Waals surface area contributed by atoms with Crippen LogP contribution in [-0.2, 0) is 6.42 Å². The van der Waals surface area contributed by atoms with Crippen LogP contribution in [0.5, 0.6) is 0 Å². The van der Waals surface area contributed by atoms with Gasteiger partial charge in [-0.2, -0.15) is 4.98 Å². The first-order valence-electron chi connectivity index (χ1n) is 6.45. The van der Waals surface area contributed by atoms with E-state index >= 15 is 0 Å². The highest BCUT2D eigenvalue weighted by Crippen LogP contribution is 2.16. The predicted octanol–water partition coefficient (Wildman–Crippen LogP) is 2.37. The summed E-state index contributed by atoms with van der Waals surface area (Å²) in [6.45, 7) is 9.18. The largest absolute Gasteiger partial charge is 0.339 e. The number of hydrogen-bond acceptors (Lipinski definition) is 5. The lowest BCUT2D eigenvalue weighted by Crippen LogP contribution is -2.37. The van der Waals surface area contributed by atoms with Gasteiger partial charge in [0.2, 0.25) is 11.7 Å². The normalized spacial score (nSPS) is 11.8. The molecule has 2 heterocycles. The summed E-state index contributed by atoms with van der Waals surface area (Å²) in [7, 11) is 0. The van der Waals surface area contributed by atoms with Gasteiger partial charge in [0.05, 0.1) is 0 Å². The van der Waals surface area contributed by atoms with E-state index in [1.54, 1.807) is 6.20 Å².